The maximum Gasteiger partial charge on any atom is 0.405 e. The van der Waals surface area contributed by atoms with E-state index in [1.165, 1.54) is 11.9 Å². The number of carbonyl (C=O) groups excluding carboxylic acids is 2. The van der Waals surface area contributed by atoms with Crippen LogP contribution < -0.4 is 16.0 Å². The van der Waals surface area contributed by atoms with E-state index < -0.39 is 29.7 Å². The van der Waals surface area contributed by atoms with Crippen LogP contribution in [-0.2, 0) is 4.79 Å². The molecule has 3 rings (SSSR count). The summed E-state index contributed by atoms with van der Waals surface area (Å²) in [6.45, 7) is 2.14. The molecule has 0 radical (unpaired) electrons. The number of nitrogens with zero attached hydrogens (tertiary/aromatic N) is 2. The van der Waals surface area contributed by atoms with Crippen molar-refractivity contribution in [2.75, 3.05) is 11.9 Å². The summed E-state index contributed by atoms with van der Waals surface area (Å²) in [7, 11) is 1.37. The van der Waals surface area contributed by atoms with Crippen LogP contribution in [0.1, 0.15) is 32.6 Å². The maximum atomic E-state index is 13.2. The molecule has 8 nitrogen and oxygen atoms in total. The van der Waals surface area contributed by atoms with E-state index in [9.17, 15) is 19.5 Å². The van der Waals surface area contributed by atoms with Crippen molar-refractivity contribution in [2.45, 2.75) is 44.3 Å². The fourth-order valence-electron chi connectivity index (χ4n) is 4.37. The summed E-state index contributed by atoms with van der Waals surface area (Å²) in [5.74, 6) is -0.356. The normalized spacial score (nSPS) is 31.7. The number of nitrogens with two attached hydrogens (primary N) is 1. The third kappa shape index (κ3) is 3.14. The molecule has 1 aliphatic carbocycles. The molecule has 4 N–H and O–H groups in total. The van der Waals surface area contributed by atoms with Crippen LogP contribution in [0.15, 0.2) is 30.3 Å². The Morgan fingerprint density at radius 1 is 1.19 bits per heavy atom. The number of hydrogen-bond donors (Lipinski definition) is 3. The first-order valence-corrected chi connectivity index (χ1v) is 9.22. The summed E-state index contributed by atoms with van der Waals surface area (Å²) in [4.78, 5) is 40.0. The minimum atomic E-state index is -1.58. The monoisotopic (exact) mass is 374 g/mol. The predicted octanol–water partition coefficient (Wildman–Crippen LogP) is 2.20. The van der Waals surface area contributed by atoms with Crippen molar-refractivity contribution in [2.24, 2.45) is 17.6 Å². The van der Waals surface area contributed by atoms with E-state index in [4.69, 9.17) is 5.73 Å². The van der Waals surface area contributed by atoms with Gasteiger partial charge in [-0.25, -0.2) is 9.59 Å². The zero-order valence-electron chi connectivity index (χ0n) is 15.6. The van der Waals surface area contributed by atoms with Gasteiger partial charge in [0.1, 0.15) is 6.17 Å². The Labute approximate surface area is 158 Å². The molecule has 1 saturated heterocycles. The third-order valence-corrected chi connectivity index (χ3v) is 5.90. The Kier molecular flexibility index (Phi) is 5.10. The first kappa shape index (κ1) is 19.2. The zero-order chi connectivity index (χ0) is 19.8. The van der Waals surface area contributed by atoms with Crippen LogP contribution in [0.3, 0.4) is 0 Å². The smallest absolute Gasteiger partial charge is 0.405 e. The van der Waals surface area contributed by atoms with Crippen molar-refractivity contribution in [1.82, 2.24) is 10.2 Å². The molecule has 0 aromatic heterocycles. The second-order valence-corrected chi connectivity index (χ2v) is 7.55. The molecule has 1 aliphatic heterocycles. The lowest BCUT2D eigenvalue weighted by Gasteiger charge is -2.53. The summed E-state index contributed by atoms with van der Waals surface area (Å²) in [5.41, 5.74) is 5.42. The molecular formula is C19H26N4O4. The van der Waals surface area contributed by atoms with Crippen molar-refractivity contribution in [3.8, 4) is 0 Å². The lowest BCUT2D eigenvalue weighted by atomic mass is 9.69. The fourth-order valence-corrected chi connectivity index (χ4v) is 4.37. The Hall–Kier alpha value is -2.61. The van der Waals surface area contributed by atoms with Crippen molar-refractivity contribution < 1.29 is 19.5 Å². The number of para-hydroxylation sites is 1. The van der Waals surface area contributed by atoms with Gasteiger partial charge in [0.15, 0.2) is 5.54 Å². The molecule has 2 atom stereocenters. The molecule has 1 heterocycles. The Balaban J connectivity index is 2.10. The molecule has 1 aromatic carbocycles. The number of imide groups is 1. The number of rotatable bonds is 3. The molecular weight excluding hydrogens is 348 g/mol. The number of carboxylic acid groups (broad SMARTS) is 1. The molecule has 146 valence electrons. The number of anilines is 1. The van der Waals surface area contributed by atoms with Gasteiger partial charge in [0.2, 0.25) is 0 Å². The zero-order valence-corrected chi connectivity index (χ0v) is 15.6. The quantitative estimate of drug-likeness (QED) is 0.750. The van der Waals surface area contributed by atoms with Crippen molar-refractivity contribution in [3.63, 3.8) is 0 Å². The minimum Gasteiger partial charge on any atom is -0.465 e. The van der Waals surface area contributed by atoms with E-state index >= 15 is 0 Å². The molecule has 2 fully saturated rings. The van der Waals surface area contributed by atoms with Gasteiger partial charge in [0, 0.05) is 12.7 Å². The highest BCUT2D eigenvalue weighted by Crippen LogP contribution is 2.41. The maximum absolute atomic E-state index is 13.2. The first-order chi connectivity index (χ1) is 12.8. The number of urea groups is 1. The molecule has 27 heavy (non-hydrogen) atoms. The lowest BCUT2D eigenvalue weighted by Crippen LogP contribution is -2.81. The SMILES string of the molecule is CC1CCC(C2(NC(=O)O)C(=O)N(C)C(=O)N(c3ccccc3)C2N)CC1. The highest BCUT2D eigenvalue weighted by molar-refractivity contribution is 6.11. The predicted molar refractivity (Wildman–Crippen MR) is 100 cm³/mol. The molecule has 2 aliphatic rings. The number of carbonyl (C=O) groups is 3. The number of nitrogens with one attached hydrogen (secondary N) is 1. The van der Waals surface area contributed by atoms with E-state index in [1.807, 2.05) is 6.07 Å². The van der Waals surface area contributed by atoms with Crippen LogP contribution in [0.4, 0.5) is 15.3 Å². The van der Waals surface area contributed by atoms with Gasteiger partial charge in [-0.15, -0.1) is 0 Å². The molecule has 0 spiro atoms. The summed E-state index contributed by atoms with van der Waals surface area (Å²) in [6, 6.07) is 8.21. The molecule has 1 aromatic rings. The van der Waals surface area contributed by atoms with Crippen molar-refractivity contribution in [1.29, 1.82) is 0 Å². The molecule has 1 saturated carbocycles. The van der Waals surface area contributed by atoms with Crippen LogP contribution in [0.25, 0.3) is 0 Å². The number of hydrogen-bond acceptors (Lipinski definition) is 4. The highest BCUT2D eigenvalue weighted by Gasteiger charge is 2.60. The standard InChI is InChI=1S/C19H26N4O4/c1-12-8-10-13(11-9-12)19(21-17(25)26)15(20)23(14-6-4-3-5-7-14)18(27)22(2)16(19)24/h3-7,12-13,15,21H,8-11,20H2,1-2H3,(H,25,26). The topological polar surface area (TPSA) is 116 Å². The average Bonchev–Trinajstić information content (AvgIpc) is 2.65. The number of benzene rings is 1. The summed E-state index contributed by atoms with van der Waals surface area (Å²) in [5, 5.41) is 12.0. The van der Waals surface area contributed by atoms with Gasteiger partial charge in [0.05, 0.1) is 0 Å². The van der Waals surface area contributed by atoms with Gasteiger partial charge in [-0.05, 0) is 36.8 Å². The van der Waals surface area contributed by atoms with E-state index in [0.717, 1.165) is 17.7 Å². The van der Waals surface area contributed by atoms with Gasteiger partial charge >= 0.3 is 12.1 Å². The molecule has 0 bridgehead atoms. The number of likely N-dealkylation sites (N-methyl/N-ethyl adjacent to an activating group) is 1. The highest BCUT2D eigenvalue weighted by atomic mass is 16.4. The van der Waals surface area contributed by atoms with Gasteiger partial charge in [-0.1, -0.05) is 38.0 Å². The molecule has 2 unspecified atom stereocenters. The average molecular weight is 374 g/mol. The molecule has 8 heteroatoms. The van der Waals surface area contributed by atoms with Crippen LogP contribution in [-0.4, -0.2) is 46.8 Å². The van der Waals surface area contributed by atoms with Gasteiger partial charge in [-0.3, -0.25) is 14.6 Å². The summed E-state index contributed by atoms with van der Waals surface area (Å²) >= 11 is 0. The van der Waals surface area contributed by atoms with Crippen molar-refractivity contribution in [3.05, 3.63) is 30.3 Å². The molecule has 4 amide bonds. The Bertz CT molecular complexity index is 732. The van der Waals surface area contributed by atoms with E-state index in [0.29, 0.717) is 24.4 Å². The number of amides is 4. The van der Waals surface area contributed by atoms with E-state index in [-0.39, 0.29) is 5.92 Å². The van der Waals surface area contributed by atoms with Gasteiger partial charge in [0.25, 0.3) is 5.91 Å². The van der Waals surface area contributed by atoms with Gasteiger partial charge < -0.3 is 16.2 Å². The fraction of sp³-hybridized carbons (Fsp3) is 0.526. The lowest BCUT2D eigenvalue weighted by molar-refractivity contribution is -0.140. The second kappa shape index (κ2) is 7.19. The van der Waals surface area contributed by atoms with Crippen molar-refractivity contribution >= 4 is 23.7 Å². The van der Waals surface area contributed by atoms with Crippen LogP contribution >= 0.6 is 0 Å². The third-order valence-electron chi connectivity index (χ3n) is 5.90. The van der Waals surface area contributed by atoms with E-state index in [2.05, 4.69) is 12.2 Å². The van der Waals surface area contributed by atoms with Crippen LogP contribution in [0, 0.1) is 11.8 Å². The first-order valence-electron chi connectivity index (χ1n) is 9.22. The van der Waals surface area contributed by atoms with Crippen LogP contribution in [0.5, 0.6) is 0 Å². The van der Waals surface area contributed by atoms with E-state index in [1.54, 1.807) is 24.3 Å². The second-order valence-electron chi connectivity index (χ2n) is 7.55. The summed E-state index contributed by atoms with van der Waals surface area (Å²) in [6.07, 6.45) is 0.656. The minimum absolute atomic E-state index is 0.283. The van der Waals surface area contributed by atoms with Crippen LogP contribution in [0.2, 0.25) is 0 Å². The summed E-state index contributed by atoms with van der Waals surface area (Å²) < 4.78 is 0. The largest absolute Gasteiger partial charge is 0.465 e. The Morgan fingerprint density at radius 2 is 1.78 bits per heavy atom. The van der Waals surface area contributed by atoms with Gasteiger partial charge in [-0.2, -0.15) is 0 Å². The Morgan fingerprint density at radius 3 is 2.33 bits per heavy atom.